The van der Waals surface area contributed by atoms with E-state index in [1.807, 2.05) is 0 Å². The Morgan fingerprint density at radius 1 is 1.43 bits per heavy atom. The maximum Gasteiger partial charge on any atom is 0.338 e. The lowest BCUT2D eigenvalue weighted by Gasteiger charge is -2.34. The molecule has 1 atom stereocenters. The van der Waals surface area contributed by atoms with Crippen molar-refractivity contribution in [2.75, 3.05) is 0 Å². The maximum atomic E-state index is 11.1. The normalized spacial score (nSPS) is 24.1. The number of hydrogen-bond acceptors (Lipinski definition) is 2. The molecule has 14 heavy (non-hydrogen) atoms. The van der Waals surface area contributed by atoms with Crippen LogP contribution in [0.25, 0.3) is 0 Å². The molecule has 0 aliphatic heterocycles. The standard InChI is InChI=1S/C7H13Cl2NO3S/c1-6(8)10(14(11,12)13)7(9)4-2-3-5-7/h6H,2-5H2,1H3,(H,11,12,13). The van der Waals surface area contributed by atoms with Gasteiger partial charge in [-0.15, -0.1) is 27.5 Å². The molecule has 1 rings (SSSR count). The lowest BCUT2D eigenvalue weighted by molar-refractivity contribution is 0.245. The van der Waals surface area contributed by atoms with Crippen LogP contribution in [0.2, 0.25) is 0 Å². The van der Waals surface area contributed by atoms with Gasteiger partial charge in [-0.05, 0) is 19.8 Å². The van der Waals surface area contributed by atoms with Gasteiger partial charge in [0.25, 0.3) is 0 Å². The predicted molar refractivity (Wildman–Crippen MR) is 55.8 cm³/mol. The fourth-order valence-corrected chi connectivity index (χ4v) is 4.02. The molecule has 1 fully saturated rings. The van der Waals surface area contributed by atoms with Crippen LogP contribution in [-0.2, 0) is 10.3 Å². The highest BCUT2D eigenvalue weighted by atomic mass is 35.5. The molecule has 4 nitrogen and oxygen atoms in total. The van der Waals surface area contributed by atoms with Crippen LogP contribution in [-0.4, -0.2) is 27.8 Å². The van der Waals surface area contributed by atoms with Gasteiger partial charge in [0.15, 0.2) is 0 Å². The van der Waals surface area contributed by atoms with Crippen molar-refractivity contribution in [3.05, 3.63) is 0 Å². The summed E-state index contributed by atoms with van der Waals surface area (Å²) in [6, 6.07) is 0. The van der Waals surface area contributed by atoms with Gasteiger partial charge in [0.1, 0.15) is 10.5 Å². The fourth-order valence-electron chi connectivity index (χ4n) is 1.85. The van der Waals surface area contributed by atoms with Gasteiger partial charge in [0.2, 0.25) is 0 Å². The van der Waals surface area contributed by atoms with Crippen molar-refractivity contribution in [1.29, 1.82) is 0 Å². The molecule has 0 amide bonds. The van der Waals surface area contributed by atoms with Gasteiger partial charge in [0, 0.05) is 0 Å². The Morgan fingerprint density at radius 3 is 2.14 bits per heavy atom. The summed E-state index contributed by atoms with van der Waals surface area (Å²) in [6.07, 6.45) is 2.73. The van der Waals surface area contributed by atoms with Crippen molar-refractivity contribution >= 4 is 33.5 Å². The molecule has 0 bridgehead atoms. The molecule has 0 aromatic rings. The molecule has 0 aromatic heterocycles. The van der Waals surface area contributed by atoms with E-state index in [9.17, 15) is 8.42 Å². The van der Waals surface area contributed by atoms with E-state index in [4.69, 9.17) is 27.8 Å². The quantitative estimate of drug-likeness (QED) is 0.482. The zero-order valence-electron chi connectivity index (χ0n) is 7.78. The van der Waals surface area contributed by atoms with Gasteiger partial charge in [-0.3, -0.25) is 4.55 Å². The lowest BCUT2D eigenvalue weighted by Crippen LogP contribution is -2.48. The second-order valence-corrected chi connectivity index (χ2v) is 6.10. The number of nitrogens with zero attached hydrogens (tertiary/aromatic N) is 1. The van der Waals surface area contributed by atoms with Gasteiger partial charge >= 0.3 is 10.3 Å². The second-order valence-electron chi connectivity index (χ2n) is 3.47. The van der Waals surface area contributed by atoms with Gasteiger partial charge in [-0.2, -0.15) is 8.42 Å². The average Bonchev–Trinajstić information content (AvgIpc) is 2.31. The van der Waals surface area contributed by atoms with E-state index in [0.717, 1.165) is 17.1 Å². The monoisotopic (exact) mass is 261 g/mol. The van der Waals surface area contributed by atoms with E-state index in [1.165, 1.54) is 6.92 Å². The van der Waals surface area contributed by atoms with Crippen molar-refractivity contribution in [1.82, 2.24) is 4.31 Å². The largest absolute Gasteiger partial charge is 0.338 e. The number of halogens is 2. The highest BCUT2D eigenvalue weighted by Gasteiger charge is 2.45. The number of hydrogen-bond donors (Lipinski definition) is 1. The number of rotatable bonds is 3. The van der Waals surface area contributed by atoms with E-state index in [-0.39, 0.29) is 0 Å². The Hall–Kier alpha value is 0.450. The fraction of sp³-hybridized carbons (Fsp3) is 1.00. The first kappa shape index (κ1) is 12.5. The molecule has 1 unspecified atom stereocenters. The number of alkyl halides is 2. The minimum atomic E-state index is -4.34. The first-order valence-corrected chi connectivity index (χ1v) is 6.58. The highest BCUT2D eigenvalue weighted by Crippen LogP contribution is 2.41. The maximum absolute atomic E-state index is 11.1. The third-order valence-electron chi connectivity index (χ3n) is 2.34. The van der Waals surface area contributed by atoms with Crippen LogP contribution < -0.4 is 0 Å². The van der Waals surface area contributed by atoms with Crippen molar-refractivity contribution < 1.29 is 13.0 Å². The predicted octanol–water partition coefficient (Wildman–Crippen LogP) is 2.19. The summed E-state index contributed by atoms with van der Waals surface area (Å²) in [7, 11) is -4.34. The van der Waals surface area contributed by atoms with Gasteiger partial charge in [-0.25, -0.2) is 0 Å². The van der Waals surface area contributed by atoms with Crippen LogP contribution in [0.4, 0.5) is 0 Å². The molecule has 0 radical (unpaired) electrons. The molecule has 0 heterocycles. The Morgan fingerprint density at radius 2 is 1.86 bits per heavy atom. The highest BCUT2D eigenvalue weighted by molar-refractivity contribution is 7.83. The van der Waals surface area contributed by atoms with Crippen molar-refractivity contribution in [3.8, 4) is 0 Å². The topological polar surface area (TPSA) is 57.6 Å². The van der Waals surface area contributed by atoms with Gasteiger partial charge < -0.3 is 0 Å². The van der Waals surface area contributed by atoms with E-state index >= 15 is 0 Å². The second kappa shape index (κ2) is 4.14. The van der Waals surface area contributed by atoms with Crippen LogP contribution in [0.15, 0.2) is 0 Å². The smallest absolute Gasteiger partial charge is 0.273 e. The third kappa shape index (κ3) is 2.52. The first-order chi connectivity index (χ1) is 6.27. The van der Waals surface area contributed by atoms with Crippen molar-refractivity contribution in [3.63, 3.8) is 0 Å². The molecule has 7 heteroatoms. The zero-order chi connectivity index (χ0) is 11.0. The summed E-state index contributed by atoms with van der Waals surface area (Å²) >= 11 is 11.8. The molecule has 1 saturated carbocycles. The van der Waals surface area contributed by atoms with E-state index in [0.29, 0.717) is 12.8 Å². The molecule has 1 aliphatic carbocycles. The Kier molecular flexibility index (Phi) is 3.70. The van der Waals surface area contributed by atoms with E-state index < -0.39 is 20.8 Å². The summed E-state index contributed by atoms with van der Waals surface area (Å²) in [5, 5.41) is 0. The Labute approximate surface area is 94.1 Å². The van der Waals surface area contributed by atoms with Gasteiger partial charge in [-0.1, -0.05) is 12.8 Å². The van der Waals surface area contributed by atoms with Crippen LogP contribution in [0.3, 0.4) is 0 Å². The Balaban J connectivity index is 2.99. The SMILES string of the molecule is CC(Cl)N(C1(Cl)CCCC1)S(=O)(=O)O. The Bertz CT molecular complexity index is 298. The summed E-state index contributed by atoms with van der Waals surface area (Å²) < 4.78 is 31.9. The molecule has 1 aliphatic rings. The minimum absolute atomic E-state index is 0.519. The van der Waals surface area contributed by atoms with Gasteiger partial charge in [0.05, 0.1) is 0 Å². The molecule has 0 aromatic carbocycles. The van der Waals surface area contributed by atoms with E-state index in [1.54, 1.807) is 0 Å². The molecule has 1 N–H and O–H groups in total. The molecule has 84 valence electrons. The first-order valence-electron chi connectivity index (χ1n) is 4.37. The lowest BCUT2D eigenvalue weighted by atomic mass is 10.2. The molecular formula is C7H13Cl2NO3S. The summed E-state index contributed by atoms with van der Waals surface area (Å²) in [6.45, 7) is 1.47. The molecule has 0 spiro atoms. The summed E-state index contributed by atoms with van der Waals surface area (Å²) in [4.78, 5) is -1.05. The molecule has 0 saturated heterocycles. The van der Waals surface area contributed by atoms with Crippen molar-refractivity contribution in [2.45, 2.75) is 43.1 Å². The zero-order valence-corrected chi connectivity index (χ0v) is 10.1. The average molecular weight is 262 g/mol. The van der Waals surface area contributed by atoms with Crippen LogP contribution in [0, 0.1) is 0 Å². The van der Waals surface area contributed by atoms with Crippen LogP contribution >= 0.6 is 23.2 Å². The third-order valence-corrected chi connectivity index (χ3v) is 4.47. The van der Waals surface area contributed by atoms with Crippen LogP contribution in [0.1, 0.15) is 32.6 Å². The minimum Gasteiger partial charge on any atom is -0.273 e. The summed E-state index contributed by atoms with van der Waals surface area (Å²) in [5.41, 5.74) is -0.847. The van der Waals surface area contributed by atoms with Crippen molar-refractivity contribution in [2.24, 2.45) is 0 Å². The van der Waals surface area contributed by atoms with Crippen LogP contribution in [0.5, 0.6) is 0 Å². The molecular weight excluding hydrogens is 249 g/mol. The van der Waals surface area contributed by atoms with E-state index in [2.05, 4.69) is 0 Å². The summed E-state index contributed by atoms with van der Waals surface area (Å²) in [5.74, 6) is 0.